The number of ether oxygens (including phenoxy) is 1. The van der Waals surface area contributed by atoms with Crippen molar-refractivity contribution in [2.45, 2.75) is 18.6 Å². The molecule has 2 fully saturated rings. The van der Waals surface area contributed by atoms with Crippen LogP contribution in [-0.4, -0.2) is 50.6 Å². The minimum atomic E-state index is -4.60. The Balaban J connectivity index is 1.51. The van der Waals surface area contributed by atoms with Crippen molar-refractivity contribution >= 4 is 34.9 Å². The van der Waals surface area contributed by atoms with Gasteiger partial charge < -0.3 is 14.5 Å². The van der Waals surface area contributed by atoms with Crippen LogP contribution in [0, 0.1) is 5.41 Å². The lowest BCUT2D eigenvalue weighted by molar-refractivity contribution is -0.144. The fraction of sp³-hybridized carbons (Fsp3) is 0.276. The van der Waals surface area contributed by atoms with Gasteiger partial charge in [-0.2, -0.15) is 13.2 Å². The average molecular weight is 551 g/mol. The molecule has 1 N–H and O–H groups in total. The molecular weight excluding hydrogens is 525 g/mol. The Labute approximate surface area is 227 Å². The molecular formula is C29H25F3N4O4. The number of anilines is 3. The first-order valence-corrected chi connectivity index (χ1v) is 12.7. The van der Waals surface area contributed by atoms with E-state index >= 15 is 0 Å². The van der Waals surface area contributed by atoms with Gasteiger partial charge in [0.15, 0.2) is 5.41 Å². The van der Waals surface area contributed by atoms with Crippen molar-refractivity contribution < 1.29 is 32.3 Å². The summed E-state index contributed by atoms with van der Waals surface area (Å²) >= 11 is 0. The number of barbiturate groups is 1. The van der Waals surface area contributed by atoms with E-state index in [0.29, 0.717) is 24.5 Å². The van der Waals surface area contributed by atoms with E-state index in [9.17, 15) is 27.6 Å². The Morgan fingerprint density at radius 1 is 0.925 bits per heavy atom. The molecule has 11 heteroatoms. The van der Waals surface area contributed by atoms with E-state index in [1.54, 1.807) is 43.5 Å². The maximum absolute atomic E-state index is 14.4. The van der Waals surface area contributed by atoms with Crippen LogP contribution in [0.25, 0.3) is 0 Å². The third-order valence-electron chi connectivity index (χ3n) is 7.99. The molecule has 3 aliphatic heterocycles. The number of halogens is 3. The summed E-state index contributed by atoms with van der Waals surface area (Å²) in [6.45, 7) is 0.976. The molecule has 6 rings (SSSR count). The zero-order valence-corrected chi connectivity index (χ0v) is 21.4. The Morgan fingerprint density at radius 2 is 1.65 bits per heavy atom. The van der Waals surface area contributed by atoms with Gasteiger partial charge in [-0.3, -0.25) is 14.9 Å². The summed E-state index contributed by atoms with van der Waals surface area (Å²) in [4.78, 5) is 45.9. The number of carbonyl (C=O) groups is 3. The van der Waals surface area contributed by atoms with Crippen LogP contribution in [0.15, 0.2) is 72.8 Å². The number of nitrogens with one attached hydrogen (secondary N) is 1. The highest BCUT2D eigenvalue weighted by atomic mass is 19.4. The number of hydrogen-bond donors (Lipinski definition) is 1. The fourth-order valence-electron chi connectivity index (χ4n) is 6.12. The van der Waals surface area contributed by atoms with E-state index in [-0.39, 0.29) is 24.2 Å². The summed E-state index contributed by atoms with van der Waals surface area (Å²) in [5, 5.41) is 2.34. The number of methoxy groups -OCH3 is 1. The van der Waals surface area contributed by atoms with Gasteiger partial charge in [-0.25, -0.2) is 9.69 Å². The van der Waals surface area contributed by atoms with Crippen LogP contribution in [0.4, 0.5) is 35.0 Å². The molecule has 1 spiro atoms. The van der Waals surface area contributed by atoms with Gasteiger partial charge in [0.1, 0.15) is 5.75 Å². The van der Waals surface area contributed by atoms with Crippen molar-refractivity contribution in [1.82, 2.24) is 5.32 Å². The normalized spacial score (nSPS) is 22.6. The average Bonchev–Trinajstić information content (AvgIpc) is 2.95. The summed E-state index contributed by atoms with van der Waals surface area (Å²) in [5.74, 6) is -0.987. The molecule has 206 valence electrons. The molecule has 3 aliphatic rings. The standard InChI is InChI=1S/C29H25F3N4O4/c1-40-23-10-6-5-9-22(23)34-13-14-35-21-12-11-19(29(30,31)32)15-18(21)16-28(24(35)17-34)25(37)33-27(39)36(26(28)38)20-7-3-2-4-8-20/h2-12,15,24H,13-14,16-17H2,1H3,(H,33,37,39)/t24-,28-/m1/s1. The first-order valence-electron chi connectivity index (χ1n) is 12.7. The topological polar surface area (TPSA) is 82.2 Å². The van der Waals surface area contributed by atoms with E-state index in [4.69, 9.17) is 4.74 Å². The van der Waals surface area contributed by atoms with Crippen LogP contribution in [0.2, 0.25) is 0 Å². The molecule has 3 aromatic rings. The number of piperazine rings is 1. The molecule has 0 saturated carbocycles. The van der Waals surface area contributed by atoms with E-state index < -0.39 is 41.0 Å². The Hall–Kier alpha value is -4.54. The summed E-state index contributed by atoms with van der Waals surface area (Å²) in [6.07, 6.45) is -4.90. The molecule has 3 aromatic carbocycles. The number of nitrogens with zero attached hydrogens (tertiary/aromatic N) is 3. The summed E-state index contributed by atoms with van der Waals surface area (Å²) in [6, 6.07) is 17.3. The monoisotopic (exact) mass is 550 g/mol. The molecule has 3 heterocycles. The number of hydrogen-bond acceptors (Lipinski definition) is 6. The number of rotatable bonds is 3. The molecule has 2 atom stereocenters. The lowest BCUT2D eigenvalue weighted by atomic mass is 9.67. The molecule has 0 bridgehead atoms. The van der Waals surface area contributed by atoms with Crippen LogP contribution >= 0.6 is 0 Å². The number of imide groups is 2. The van der Waals surface area contributed by atoms with E-state index in [2.05, 4.69) is 5.32 Å². The van der Waals surface area contributed by atoms with Crippen LogP contribution < -0.4 is 24.8 Å². The van der Waals surface area contributed by atoms with Crippen molar-refractivity contribution in [1.29, 1.82) is 0 Å². The highest BCUT2D eigenvalue weighted by Gasteiger charge is 2.63. The fourth-order valence-corrected chi connectivity index (χ4v) is 6.12. The minimum Gasteiger partial charge on any atom is -0.495 e. The first-order chi connectivity index (χ1) is 19.1. The van der Waals surface area contributed by atoms with Gasteiger partial charge >= 0.3 is 12.2 Å². The van der Waals surface area contributed by atoms with E-state index in [1.165, 1.54) is 6.07 Å². The van der Waals surface area contributed by atoms with Crippen molar-refractivity contribution in [2.24, 2.45) is 5.41 Å². The number of carbonyl (C=O) groups excluding carboxylic acids is 3. The molecule has 0 aliphatic carbocycles. The van der Waals surface area contributed by atoms with Gasteiger partial charge in [-0.05, 0) is 54.4 Å². The predicted octanol–water partition coefficient (Wildman–Crippen LogP) is 4.23. The van der Waals surface area contributed by atoms with Gasteiger partial charge in [0.25, 0.3) is 5.91 Å². The molecule has 0 aromatic heterocycles. The molecule has 2 saturated heterocycles. The second-order valence-electron chi connectivity index (χ2n) is 10.1. The van der Waals surface area contributed by atoms with E-state index in [1.807, 2.05) is 28.0 Å². The summed E-state index contributed by atoms with van der Waals surface area (Å²) < 4.78 is 46.6. The summed E-state index contributed by atoms with van der Waals surface area (Å²) in [5.41, 5.74) is -0.961. The lowest BCUT2D eigenvalue weighted by Gasteiger charge is -2.55. The number of urea groups is 1. The predicted molar refractivity (Wildman–Crippen MR) is 141 cm³/mol. The van der Waals surface area contributed by atoms with E-state index in [0.717, 1.165) is 22.7 Å². The number of para-hydroxylation sites is 3. The zero-order valence-electron chi connectivity index (χ0n) is 21.4. The number of fused-ring (bicyclic) bond motifs is 4. The second kappa shape index (κ2) is 9.29. The van der Waals surface area contributed by atoms with Gasteiger partial charge in [0.05, 0.1) is 30.1 Å². The molecule has 8 nitrogen and oxygen atoms in total. The van der Waals surface area contributed by atoms with Crippen LogP contribution in [0.1, 0.15) is 11.1 Å². The van der Waals surface area contributed by atoms with Crippen molar-refractivity contribution in [2.75, 3.05) is 41.4 Å². The Morgan fingerprint density at radius 3 is 2.38 bits per heavy atom. The zero-order chi connectivity index (χ0) is 28.2. The van der Waals surface area contributed by atoms with Crippen LogP contribution in [-0.2, 0) is 22.2 Å². The molecule has 0 radical (unpaired) electrons. The molecule has 4 amide bonds. The maximum atomic E-state index is 14.4. The summed E-state index contributed by atoms with van der Waals surface area (Å²) in [7, 11) is 1.55. The second-order valence-corrected chi connectivity index (χ2v) is 10.1. The smallest absolute Gasteiger partial charge is 0.416 e. The van der Waals surface area contributed by atoms with Gasteiger partial charge in [0, 0.05) is 25.3 Å². The van der Waals surface area contributed by atoms with Gasteiger partial charge in [-0.1, -0.05) is 30.3 Å². The third-order valence-corrected chi connectivity index (χ3v) is 7.99. The van der Waals surface area contributed by atoms with Crippen molar-refractivity contribution in [3.8, 4) is 5.75 Å². The quantitative estimate of drug-likeness (QED) is 0.492. The largest absolute Gasteiger partial charge is 0.495 e. The van der Waals surface area contributed by atoms with Crippen molar-refractivity contribution in [3.63, 3.8) is 0 Å². The van der Waals surface area contributed by atoms with Crippen LogP contribution in [0.5, 0.6) is 5.75 Å². The Bertz CT molecular complexity index is 1510. The first kappa shape index (κ1) is 25.7. The van der Waals surface area contributed by atoms with Crippen molar-refractivity contribution in [3.05, 3.63) is 83.9 Å². The lowest BCUT2D eigenvalue weighted by Crippen LogP contribution is -2.75. The minimum absolute atomic E-state index is 0.191. The highest BCUT2D eigenvalue weighted by Crippen LogP contribution is 2.48. The third kappa shape index (κ3) is 3.87. The molecule has 40 heavy (non-hydrogen) atoms. The van der Waals surface area contributed by atoms with Gasteiger partial charge in [-0.15, -0.1) is 0 Å². The highest BCUT2D eigenvalue weighted by molar-refractivity contribution is 6.30. The number of alkyl halides is 3. The Kier molecular flexibility index (Phi) is 5.97. The molecule has 0 unspecified atom stereocenters. The number of benzene rings is 3. The van der Waals surface area contributed by atoms with Crippen LogP contribution in [0.3, 0.4) is 0 Å². The number of amides is 4. The maximum Gasteiger partial charge on any atom is 0.416 e. The SMILES string of the molecule is COc1ccccc1N1CCN2c3ccc(C(F)(F)F)cc3C[C@]3(C(=O)NC(=O)N(c4ccccc4)C3=O)[C@H]2C1. The van der Waals surface area contributed by atoms with Gasteiger partial charge in [0.2, 0.25) is 5.91 Å².